The molecule has 1 aromatic carbocycles. The maximum absolute atomic E-state index is 12.7. The van der Waals surface area contributed by atoms with Gasteiger partial charge in [0.25, 0.3) is 0 Å². The van der Waals surface area contributed by atoms with Gasteiger partial charge in [0, 0.05) is 19.0 Å². The first-order valence-electron chi connectivity index (χ1n) is 4.96. The molecule has 4 heteroatoms. The molecule has 1 aromatic rings. The van der Waals surface area contributed by atoms with E-state index in [0.717, 1.165) is 25.1 Å². The van der Waals surface area contributed by atoms with E-state index in [0.29, 0.717) is 11.0 Å². The number of nitrogens with zero attached hydrogens (tertiary/aromatic N) is 1. The smallest absolute Gasteiger partial charge is 0.166 e. The van der Waals surface area contributed by atoms with Gasteiger partial charge < -0.3 is 10.6 Å². The minimum atomic E-state index is -0.192. The second kappa shape index (κ2) is 4.14. The Labute approximate surface area is 93.9 Å². The average Bonchev–Trinajstić information content (AvgIpc) is 2.68. The molecule has 2 rings (SSSR count). The van der Waals surface area contributed by atoms with E-state index in [1.54, 1.807) is 0 Å². The van der Waals surface area contributed by atoms with Crippen LogP contribution in [0.3, 0.4) is 0 Å². The van der Waals surface area contributed by atoms with Crippen molar-refractivity contribution in [3.05, 3.63) is 35.6 Å². The summed E-state index contributed by atoms with van der Waals surface area (Å²) in [6.07, 6.45) is 1.03. The number of benzene rings is 1. The number of nitrogens with two attached hydrogens (primary N) is 1. The molecule has 0 spiro atoms. The first-order valence-corrected chi connectivity index (χ1v) is 5.37. The van der Waals surface area contributed by atoms with Crippen LogP contribution in [0.1, 0.15) is 17.9 Å². The maximum Gasteiger partial charge on any atom is 0.166 e. The zero-order valence-corrected chi connectivity index (χ0v) is 9.14. The van der Waals surface area contributed by atoms with Crippen molar-refractivity contribution in [3.8, 4) is 0 Å². The first-order chi connectivity index (χ1) is 7.16. The quantitative estimate of drug-likeness (QED) is 0.738. The van der Waals surface area contributed by atoms with Crippen LogP contribution in [0.15, 0.2) is 24.3 Å². The molecule has 0 saturated carbocycles. The molecule has 80 valence electrons. The third-order valence-electron chi connectivity index (χ3n) is 2.84. The van der Waals surface area contributed by atoms with Crippen LogP contribution < -0.4 is 5.73 Å². The van der Waals surface area contributed by atoms with Gasteiger partial charge in [0.05, 0.1) is 0 Å². The normalized spacial score (nSPS) is 20.6. The Hall–Kier alpha value is -1.16. The summed E-state index contributed by atoms with van der Waals surface area (Å²) in [6, 6.07) is 6.67. The van der Waals surface area contributed by atoms with Crippen molar-refractivity contribution in [2.45, 2.75) is 12.3 Å². The summed E-state index contributed by atoms with van der Waals surface area (Å²) in [6.45, 7) is 1.75. The minimum absolute atomic E-state index is 0.192. The number of hydrogen-bond acceptors (Lipinski definition) is 1. The lowest BCUT2D eigenvalue weighted by molar-refractivity contribution is 0.514. The van der Waals surface area contributed by atoms with Gasteiger partial charge in [0.1, 0.15) is 5.82 Å². The van der Waals surface area contributed by atoms with Crippen molar-refractivity contribution in [1.29, 1.82) is 0 Å². The first kappa shape index (κ1) is 10.4. The van der Waals surface area contributed by atoms with Gasteiger partial charge in [-0.25, -0.2) is 4.39 Å². The van der Waals surface area contributed by atoms with Crippen LogP contribution in [0.4, 0.5) is 4.39 Å². The predicted octanol–water partition coefficient (Wildman–Crippen LogP) is 1.86. The van der Waals surface area contributed by atoms with Gasteiger partial charge in [0.2, 0.25) is 0 Å². The lowest BCUT2D eigenvalue weighted by Gasteiger charge is -2.15. The Morgan fingerprint density at radius 3 is 2.60 bits per heavy atom. The highest BCUT2D eigenvalue weighted by atomic mass is 32.1. The average molecular weight is 224 g/mol. The van der Waals surface area contributed by atoms with Gasteiger partial charge in [-0.1, -0.05) is 12.1 Å². The van der Waals surface area contributed by atoms with E-state index in [9.17, 15) is 4.39 Å². The van der Waals surface area contributed by atoms with Crippen molar-refractivity contribution < 1.29 is 4.39 Å². The molecule has 0 amide bonds. The maximum atomic E-state index is 12.7. The third kappa shape index (κ3) is 2.26. The molecule has 1 aliphatic rings. The van der Waals surface area contributed by atoms with E-state index in [4.69, 9.17) is 18.0 Å². The lowest BCUT2D eigenvalue weighted by Crippen LogP contribution is -2.33. The largest absolute Gasteiger partial charge is 0.376 e. The van der Waals surface area contributed by atoms with E-state index < -0.39 is 0 Å². The SMILES string of the molecule is NC(=S)N1CC[C@@H](c2ccc(F)cc2)C1. The standard InChI is InChI=1S/C11H13FN2S/c12-10-3-1-8(2-4-10)9-5-6-14(7-9)11(13)15/h1-4,9H,5-7H2,(H2,13,15)/t9-/m1/s1. The summed E-state index contributed by atoms with van der Waals surface area (Å²) in [7, 11) is 0. The molecule has 15 heavy (non-hydrogen) atoms. The Balaban J connectivity index is 2.07. The number of likely N-dealkylation sites (tertiary alicyclic amines) is 1. The van der Waals surface area contributed by atoms with Crippen LogP contribution in [-0.2, 0) is 0 Å². The molecule has 1 saturated heterocycles. The minimum Gasteiger partial charge on any atom is -0.376 e. The molecule has 2 N–H and O–H groups in total. The van der Waals surface area contributed by atoms with E-state index >= 15 is 0 Å². The molecular weight excluding hydrogens is 211 g/mol. The van der Waals surface area contributed by atoms with Crippen molar-refractivity contribution in [1.82, 2.24) is 4.90 Å². The van der Waals surface area contributed by atoms with E-state index in [1.807, 2.05) is 17.0 Å². The van der Waals surface area contributed by atoms with Crippen LogP contribution in [0.5, 0.6) is 0 Å². The molecule has 1 fully saturated rings. The van der Waals surface area contributed by atoms with E-state index in [1.165, 1.54) is 12.1 Å². The fraction of sp³-hybridized carbons (Fsp3) is 0.364. The van der Waals surface area contributed by atoms with Crippen molar-refractivity contribution in [2.75, 3.05) is 13.1 Å². The number of hydrogen-bond donors (Lipinski definition) is 1. The van der Waals surface area contributed by atoms with Gasteiger partial charge in [-0.3, -0.25) is 0 Å². The summed E-state index contributed by atoms with van der Waals surface area (Å²) in [5.74, 6) is 0.232. The van der Waals surface area contributed by atoms with Gasteiger partial charge in [-0.05, 0) is 36.3 Å². The van der Waals surface area contributed by atoms with Crippen molar-refractivity contribution >= 4 is 17.3 Å². The van der Waals surface area contributed by atoms with Gasteiger partial charge in [0.15, 0.2) is 5.11 Å². The topological polar surface area (TPSA) is 29.3 Å². The fourth-order valence-corrected chi connectivity index (χ4v) is 2.13. The van der Waals surface area contributed by atoms with Crippen LogP contribution in [0.25, 0.3) is 0 Å². The van der Waals surface area contributed by atoms with Crippen LogP contribution >= 0.6 is 12.2 Å². The predicted molar refractivity (Wildman–Crippen MR) is 62.1 cm³/mol. The van der Waals surface area contributed by atoms with Crippen LogP contribution in [0.2, 0.25) is 0 Å². The molecule has 1 atom stereocenters. The summed E-state index contributed by atoms with van der Waals surface area (Å²) < 4.78 is 12.7. The third-order valence-corrected chi connectivity index (χ3v) is 3.10. The van der Waals surface area contributed by atoms with E-state index in [2.05, 4.69) is 0 Å². The molecule has 0 aromatic heterocycles. The monoisotopic (exact) mass is 224 g/mol. The Morgan fingerprint density at radius 1 is 1.40 bits per heavy atom. The summed E-state index contributed by atoms with van der Waals surface area (Å²) in [5, 5.41) is 0.458. The highest BCUT2D eigenvalue weighted by molar-refractivity contribution is 7.80. The number of thiocarbonyl (C=S) groups is 1. The number of rotatable bonds is 1. The summed E-state index contributed by atoms with van der Waals surface area (Å²) in [5.41, 5.74) is 6.72. The van der Waals surface area contributed by atoms with E-state index in [-0.39, 0.29) is 5.82 Å². The number of halogens is 1. The molecule has 1 heterocycles. The van der Waals surface area contributed by atoms with Gasteiger partial charge in [-0.2, -0.15) is 0 Å². The summed E-state index contributed by atoms with van der Waals surface area (Å²) in [4.78, 5) is 1.99. The fourth-order valence-electron chi connectivity index (χ4n) is 1.97. The molecule has 0 radical (unpaired) electrons. The highest BCUT2D eigenvalue weighted by Crippen LogP contribution is 2.26. The molecule has 1 aliphatic heterocycles. The highest BCUT2D eigenvalue weighted by Gasteiger charge is 2.24. The molecule has 0 unspecified atom stereocenters. The Kier molecular flexibility index (Phi) is 2.86. The summed E-state index contributed by atoms with van der Waals surface area (Å²) >= 11 is 4.92. The zero-order valence-electron chi connectivity index (χ0n) is 8.32. The second-order valence-electron chi connectivity index (χ2n) is 3.82. The van der Waals surface area contributed by atoms with Gasteiger partial charge in [-0.15, -0.1) is 0 Å². The van der Waals surface area contributed by atoms with Crippen molar-refractivity contribution in [3.63, 3.8) is 0 Å². The molecule has 2 nitrogen and oxygen atoms in total. The Morgan fingerprint density at radius 2 is 2.07 bits per heavy atom. The Bertz CT molecular complexity index is 363. The second-order valence-corrected chi connectivity index (χ2v) is 4.24. The zero-order chi connectivity index (χ0) is 10.8. The molecule has 0 bridgehead atoms. The molecular formula is C11H13FN2S. The van der Waals surface area contributed by atoms with Crippen LogP contribution in [-0.4, -0.2) is 23.1 Å². The van der Waals surface area contributed by atoms with Crippen LogP contribution in [0, 0.1) is 5.82 Å². The lowest BCUT2D eigenvalue weighted by atomic mass is 9.99. The van der Waals surface area contributed by atoms with Gasteiger partial charge >= 0.3 is 0 Å². The molecule has 0 aliphatic carbocycles. The van der Waals surface area contributed by atoms with Crippen molar-refractivity contribution in [2.24, 2.45) is 5.73 Å².